The second-order valence-corrected chi connectivity index (χ2v) is 5.52. The van der Waals surface area contributed by atoms with Crippen molar-refractivity contribution in [1.82, 2.24) is 15.2 Å². The van der Waals surface area contributed by atoms with Crippen molar-refractivity contribution >= 4 is 28.8 Å². The highest BCUT2D eigenvalue weighted by atomic mass is 35.5. The van der Waals surface area contributed by atoms with Gasteiger partial charge in [-0.1, -0.05) is 0 Å². The van der Waals surface area contributed by atoms with E-state index in [1.165, 1.54) is 11.3 Å². The molecule has 0 aliphatic rings. The number of nitrogens with zero attached hydrogens (tertiary/aromatic N) is 2. The maximum Gasteiger partial charge on any atom is 0.226 e. The van der Waals surface area contributed by atoms with Crippen LogP contribution < -0.4 is 5.32 Å². The van der Waals surface area contributed by atoms with E-state index in [-0.39, 0.29) is 5.91 Å². The molecular formula is C12H20ClN3O2S. The highest BCUT2D eigenvalue weighted by Gasteiger charge is 2.07. The number of likely N-dealkylation sites (N-methyl/N-ethyl adjacent to an activating group) is 1. The van der Waals surface area contributed by atoms with E-state index in [9.17, 15) is 4.79 Å². The number of ether oxygens (including phenoxy) is 1. The molecular weight excluding hydrogens is 286 g/mol. The van der Waals surface area contributed by atoms with Crippen molar-refractivity contribution in [1.29, 1.82) is 0 Å². The molecule has 0 saturated carbocycles. The van der Waals surface area contributed by atoms with Gasteiger partial charge in [0.1, 0.15) is 5.01 Å². The number of carbonyl (C=O) groups excluding carboxylic acids is 1. The lowest BCUT2D eigenvalue weighted by Gasteiger charge is -2.10. The number of hydrogen-bond donors (Lipinski definition) is 1. The van der Waals surface area contributed by atoms with Crippen LogP contribution in [0.3, 0.4) is 0 Å². The summed E-state index contributed by atoms with van der Waals surface area (Å²) >= 11 is 7.11. The molecule has 5 nitrogen and oxygen atoms in total. The average Bonchev–Trinajstić information content (AvgIpc) is 2.81. The van der Waals surface area contributed by atoms with Gasteiger partial charge in [-0.2, -0.15) is 0 Å². The molecule has 7 heteroatoms. The maximum absolute atomic E-state index is 11.6. The summed E-state index contributed by atoms with van der Waals surface area (Å²) in [6, 6.07) is 0. The molecule has 0 fully saturated rings. The molecule has 0 unspecified atom stereocenters. The quantitative estimate of drug-likeness (QED) is 0.549. The van der Waals surface area contributed by atoms with Crippen LogP contribution in [0, 0.1) is 0 Å². The van der Waals surface area contributed by atoms with Crippen LogP contribution >= 0.6 is 22.9 Å². The molecule has 1 rings (SSSR count). The van der Waals surface area contributed by atoms with Crippen LogP contribution in [0.5, 0.6) is 0 Å². The number of hydrogen-bond acceptors (Lipinski definition) is 5. The Hall–Kier alpha value is -0.690. The third-order valence-corrected chi connectivity index (χ3v) is 3.47. The van der Waals surface area contributed by atoms with Gasteiger partial charge in [0.25, 0.3) is 0 Å². The standard InChI is InChI=1S/C12H20ClN3O2S/c1-16(2)4-6-18-5-3-14-11(17)7-12-15-10(8-13)9-19-12/h9H,3-8H2,1-2H3,(H,14,17). The summed E-state index contributed by atoms with van der Waals surface area (Å²) in [4.78, 5) is 17.9. The van der Waals surface area contributed by atoms with E-state index >= 15 is 0 Å². The van der Waals surface area contributed by atoms with Gasteiger partial charge in [-0.05, 0) is 14.1 Å². The Morgan fingerprint density at radius 2 is 2.32 bits per heavy atom. The van der Waals surface area contributed by atoms with Crippen LogP contribution in [-0.2, 0) is 21.8 Å². The van der Waals surface area contributed by atoms with Crippen LogP contribution in [0.15, 0.2) is 5.38 Å². The van der Waals surface area contributed by atoms with Crippen molar-refractivity contribution in [3.8, 4) is 0 Å². The summed E-state index contributed by atoms with van der Waals surface area (Å²) in [5.74, 6) is 0.351. The molecule has 0 bridgehead atoms. The van der Waals surface area contributed by atoms with E-state index < -0.39 is 0 Å². The van der Waals surface area contributed by atoms with E-state index in [1.807, 2.05) is 19.5 Å². The van der Waals surface area contributed by atoms with E-state index in [1.54, 1.807) is 0 Å². The molecule has 0 aliphatic carbocycles. The van der Waals surface area contributed by atoms with Crippen molar-refractivity contribution in [2.45, 2.75) is 12.3 Å². The highest BCUT2D eigenvalue weighted by Crippen LogP contribution is 2.11. The van der Waals surface area contributed by atoms with Gasteiger partial charge in [0.05, 0.1) is 31.2 Å². The average molecular weight is 306 g/mol. The monoisotopic (exact) mass is 305 g/mol. The zero-order chi connectivity index (χ0) is 14.1. The third kappa shape index (κ3) is 7.47. The third-order valence-electron chi connectivity index (χ3n) is 2.30. The van der Waals surface area contributed by atoms with Crippen LogP contribution in [0.2, 0.25) is 0 Å². The molecule has 0 atom stereocenters. The van der Waals surface area contributed by atoms with Gasteiger partial charge in [-0.3, -0.25) is 4.79 Å². The summed E-state index contributed by atoms with van der Waals surface area (Å²) in [6.45, 7) is 2.62. The minimum Gasteiger partial charge on any atom is -0.378 e. The zero-order valence-corrected chi connectivity index (χ0v) is 12.9. The summed E-state index contributed by atoms with van der Waals surface area (Å²) < 4.78 is 5.38. The molecule has 19 heavy (non-hydrogen) atoms. The fraction of sp³-hybridized carbons (Fsp3) is 0.667. The Bertz CT molecular complexity index is 385. The van der Waals surface area contributed by atoms with Gasteiger partial charge in [-0.25, -0.2) is 4.98 Å². The first kappa shape index (κ1) is 16.4. The van der Waals surface area contributed by atoms with Crippen LogP contribution in [-0.4, -0.2) is 56.2 Å². The molecule has 0 spiro atoms. The Kier molecular flexibility index (Phi) is 7.97. The SMILES string of the molecule is CN(C)CCOCCNC(=O)Cc1nc(CCl)cs1. The van der Waals surface area contributed by atoms with Crippen molar-refractivity contribution in [3.63, 3.8) is 0 Å². The van der Waals surface area contributed by atoms with E-state index in [2.05, 4.69) is 15.2 Å². The first-order valence-corrected chi connectivity index (χ1v) is 7.51. The number of aromatic nitrogens is 1. The number of thiazole rings is 1. The number of halogens is 1. The van der Waals surface area contributed by atoms with Crippen molar-refractivity contribution < 1.29 is 9.53 Å². The molecule has 1 aromatic heterocycles. The largest absolute Gasteiger partial charge is 0.378 e. The second-order valence-electron chi connectivity index (χ2n) is 4.31. The highest BCUT2D eigenvalue weighted by molar-refractivity contribution is 7.09. The fourth-order valence-electron chi connectivity index (χ4n) is 1.30. The summed E-state index contributed by atoms with van der Waals surface area (Å²) in [5, 5.41) is 5.47. The van der Waals surface area contributed by atoms with Crippen molar-refractivity contribution in [2.75, 3.05) is 40.4 Å². The summed E-state index contributed by atoms with van der Waals surface area (Å²) in [7, 11) is 3.99. The Labute approximate surface area is 122 Å². The van der Waals surface area contributed by atoms with Crippen LogP contribution in [0.4, 0.5) is 0 Å². The first-order valence-electron chi connectivity index (χ1n) is 6.10. The fourth-order valence-corrected chi connectivity index (χ4v) is 2.32. The Morgan fingerprint density at radius 1 is 1.53 bits per heavy atom. The molecule has 1 aromatic rings. The number of nitrogens with one attached hydrogen (secondary N) is 1. The van der Waals surface area contributed by atoms with E-state index in [0.29, 0.717) is 32.1 Å². The van der Waals surface area contributed by atoms with Crippen molar-refractivity contribution in [2.24, 2.45) is 0 Å². The minimum atomic E-state index is -0.0355. The Morgan fingerprint density at radius 3 is 2.95 bits per heavy atom. The van der Waals surface area contributed by atoms with Gasteiger partial charge in [0.15, 0.2) is 0 Å². The number of alkyl halides is 1. The van der Waals surface area contributed by atoms with Gasteiger partial charge in [0.2, 0.25) is 5.91 Å². The smallest absolute Gasteiger partial charge is 0.226 e. The molecule has 1 amide bonds. The lowest BCUT2D eigenvalue weighted by atomic mass is 10.4. The molecule has 0 saturated heterocycles. The lowest BCUT2D eigenvalue weighted by molar-refractivity contribution is -0.120. The molecule has 1 N–H and O–H groups in total. The lowest BCUT2D eigenvalue weighted by Crippen LogP contribution is -2.29. The minimum absolute atomic E-state index is 0.0355. The zero-order valence-electron chi connectivity index (χ0n) is 11.3. The predicted molar refractivity (Wildman–Crippen MR) is 77.8 cm³/mol. The van der Waals surface area contributed by atoms with E-state index in [4.69, 9.17) is 16.3 Å². The van der Waals surface area contributed by atoms with Gasteiger partial charge >= 0.3 is 0 Å². The number of amides is 1. The van der Waals surface area contributed by atoms with Gasteiger partial charge in [0, 0.05) is 18.5 Å². The van der Waals surface area contributed by atoms with Gasteiger partial charge in [-0.15, -0.1) is 22.9 Å². The normalized spacial score (nSPS) is 10.9. The predicted octanol–water partition coefficient (Wildman–Crippen LogP) is 1.12. The number of rotatable bonds is 9. The Balaban J connectivity index is 2.08. The second kappa shape index (κ2) is 9.25. The maximum atomic E-state index is 11.6. The molecule has 108 valence electrons. The molecule has 0 radical (unpaired) electrons. The van der Waals surface area contributed by atoms with Crippen LogP contribution in [0.1, 0.15) is 10.7 Å². The van der Waals surface area contributed by atoms with E-state index in [0.717, 1.165) is 17.2 Å². The molecule has 0 aliphatic heterocycles. The van der Waals surface area contributed by atoms with Crippen molar-refractivity contribution in [3.05, 3.63) is 16.1 Å². The number of carbonyl (C=O) groups is 1. The topological polar surface area (TPSA) is 54.5 Å². The first-order chi connectivity index (χ1) is 9.11. The summed E-state index contributed by atoms with van der Waals surface area (Å²) in [6.07, 6.45) is 0.305. The molecule has 1 heterocycles. The molecule has 0 aromatic carbocycles. The van der Waals surface area contributed by atoms with Crippen LogP contribution in [0.25, 0.3) is 0 Å². The summed E-state index contributed by atoms with van der Waals surface area (Å²) in [5.41, 5.74) is 0.821. The van der Waals surface area contributed by atoms with Gasteiger partial charge < -0.3 is 15.0 Å².